The Morgan fingerprint density at radius 3 is 2.39 bits per heavy atom. The molecule has 0 bridgehead atoms. The molecule has 0 saturated carbocycles. The van der Waals surface area contributed by atoms with Gasteiger partial charge in [-0.1, -0.05) is 6.07 Å². The molecule has 1 aromatic heterocycles. The third-order valence-corrected chi connectivity index (χ3v) is 4.69. The van der Waals surface area contributed by atoms with E-state index >= 15 is 0 Å². The number of methoxy groups -OCH3 is 2. The first kappa shape index (κ1) is 18.2. The number of benzene rings is 2. The summed E-state index contributed by atoms with van der Waals surface area (Å²) in [7, 11) is 3.12. The Balaban J connectivity index is 1.86. The van der Waals surface area contributed by atoms with Gasteiger partial charge < -0.3 is 14.8 Å². The Morgan fingerprint density at radius 2 is 1.75 bits per heavy atom. The molecule has 0 aliphatic carbocycles. The molecular weight excluding hydrogens is 371 g/mol. The third kappa shape index (κ3) is 3.15. The zero-order chi connectivity index (χ0) is 19.9. The van der Waals surface area contributed by atoms with Crippen molar-refractivity contribution in [2.24, 2.45) is 0 Å². The largest absolute Gasteiger partial charge is 0.497 e. The fourth-order valence-corrected chi connectivity index (χ4v) is 3.35. The van der Waals surface area contributed by atoms with Crippen molar-refractivity contribution in [2.45, 2.75) is 12.6 Å². The molecule has 2 heterocycles. The Labute approximate surface area is 159 Å². The Hall–Kier alpha value is -3.16. The molecule has 0 spiro atoms. The van der Waals surface area contributed by atoms with E-state index in [0.717, 1.165) is 29.7 Å². The van der Waals surface area contributed by atoms with Gasteiger partial charge >= 0.3 is 6.18 Å². The molecule has 8 heteroatoms. The van der Waals surface area contributed by atoms with E-state index in [1.807, 2.05) is 12.1 Å². The summed E-state index contributed by atoms with van der Waals surface area (Å²) in [6.07, 6.45) is -3.69. The van der Waals surface area contributed by atoms with Gasteiger partial charge in [0, 0.05) is 23.7 Å². The monoisotopic (exact) mass is 389 g/mol. The summed E-state index contributed by atoms with van der Waals surface area (Å²) in [5.74, 6) is 1.93. The van der Waals surface area contributed by atoms with Gasteiger partial charge in [-0.3, -0.25) is 0 Å². The highest BCUT2D eigenvalue weighted by molar-refractivity contribution is 5.74. The van der Waals surface area contributed by atoms with Crippen LogP contribution in [0.4, 0.5) is 19.0 Å². The molecule has 1 aliphatic heterocycles. The molecule has 3 aromatic rings. The number of ether oxygens (including phenoxy) is 2. The van der Waals surface area contributed by atoms with E-state index in [1.165, 1.54) is 10.7 Å². The average Bonchev–Trinajstić information content (AvgIpc) is 3.29. The standard InChI is InChI=1S/C20H18F3N3O2/c1-27-15-8-12(9-16(11-15)28-2)18-17-6-7-24-19(17)26(25-18)14-5-3-4-13(10-14)20(21,22)23/h3-5,8-11,24H,6-7H2,1-2H3. The van der Waals surface area contributed by atoms with Crippen LogP contribution in [-0.4, -0.2) is 30.5 Å². The zero-order valence-corrected chi connectivity index (χ0v) is 15.3. The molecule has 2 aromatic carbocycles. The van der Waals surface area contributed by atoms with Crippen LogP contribution in [0.2, 0.25) is 0 Å². The van der Waals surface area contributed by atoms with Crippen LogP contribution in [0.5, 0.6) is 11.5 Å². The van der Waals surface area contributed by atoms with Crippen LogP contribution in [0.1, 0.15) is 11.1 Å². The van der Waals surface area contributed by atoms with Gasteiger partial charge in [0.1, 0.15) is 17.3 Å². The minimum Gasteiger partial charge on any atom is -0.497 e. The summed E-state index contributed by atoms with van der Waals surface area (Å²) in [5, 5.41) is 7.85. The van der Waals surface area contributed by atoms with Crippen LogP contribution in [-0.2, 0) is 12.6 Å². The number of fused-ring (bicyclic) bond motifs is 1. The highest BCUT2D eigenvalue weighted by atomic mass is 19.4. The lowest BCUT2D eigenvalue weighted by Crippen LogP contribution is -2.08. The first-order valence-corrected chi connectivity index (χ1v) is 8.67. The molecule has 5 nitrogen and oxygen atoms in total. The van der Waals surface area contributed by atoms with Crippen LogP contribution < -0.4 is 14.8 Å². The maximum Gasteiger partial charge on any atom is 0.416 e. The Morgan fingerprint density at radius 1 is 1.04 bits per heavy atom. The molecule has 0 amide bonds. The maximum absolute atomic E-state index is 13.1. The van der Waals surface area contributed by atoms with E-state index in [4.69, 9.17) is 9.47 Å². The van der Waals surface area contributed by atoms with Crippen LogP contribution >= 0.6 is 0 Å². The number of rotatable bonds is 4. The Kier molecular flexibility index (Phi) is 4.41. The summed E-state index contributed by atoms with van der Waals surface area (Å²) in [5.41, 5.74) is 2.06. The fourth-order valence-electron chi connectivity index (χ4n) is 3.35. The molecule has 1 aliphatic rings. The maximum atomic E-state index is 13.1. The third-order valence-electron chi connectivity index (χ3n) is 4.69. The Bertz CT molecular complexity index is 1010. The zero-order valence-electron chi connectivity index (χ0n) is 15.3. The number of anilines is 1. The summed E-state index contributed by atoms with van der Waals surface area (Å²) in [4.78, 5) is 0. The van der Waals surface area contributed by atoms with Crippen molar-refractivity contribution in [3.05, 3.63) is 53.6 Å². The van der Waals surface area contributed by atoms with Crippen molar-refractivity contribution in [1.82, 2.24) is 9.78 Å². The van der Waals surface area contributed by atoms with Crippen molar-refractivity contribution >= 4 is 5.82 Å². The molecule has 4 rings (SSSR count). The predicted molar refractivity (Wildman–Crippen MR) is 99.3 cm³/mol. The summed E-state index contributed by atoms with van der Waals surface area (Å²) < 4.78 is 51.5. The van der Waals surface area contributed by atoms with E-state index in [9.17, 15) is 13.2 Å². The van der Waals surface area contributed by atoms with Gasteiger partial charge in [-0.15, -0.1) is 0 Å². The minimum absolute atomic E-state index is 0.349. The molecule has 1 N–H and O–H groups in total. The van der Waals surface area contributed by atoms with Gasteiger partial charge in [-0.25, -0.2) is 4.68 Å². The van der Waals surface area contributed by atoms with Crippen LogP contribution in [0.3, 0.4) is 0 Å². The first-order chi connectivity index (χ1) is 13.4. The van der Waals surface area contributed by atoms with Gasteiger partial charge in [0.25, 0.3) is 0 Å². The topological polar surface area (TPSA) is 48.3 Å². The van der Waals surface area contributed by atoms with Gasteiger partial charge in [0.2, 0.25) is 0 Å². The van der Waals surface area contributed by atoms with Gasteiger partial charge in [-0.2, -0.15) is 18.3 Å². The lowest BCUT2D eigenvalue weighted by Gasteiger charge is -2.11. The summed E-state index contributed by atoms with van der Waals surface area (Å²) >= 11 is 0. The number of hydrogen-bond donors (Lipinski definition) is 1. The SMILES string of the molecule is COc1cc(OC)cc(-c2nn(-c3cccc(C(F)(F)F)c3)c3c2CCN3)c1. The minimum atomic E-state index is -4.41. The second-order valence-corrected chi connectivity index (χ2v) is 6.41. The fraction of sp³-hybridized carbons (Fsp3) is 0.250. The van der Waals surface area contributed by atoms with E-state index in [0.29, 0.717) is 35.2 Å². The van der Waals surface area contributed by atoms with Crippen LogP contribution in [0, 0.1) is 0 Å². The highest BCUT2D eigenvalue weighted by Gasteiger charge is 2.31. The average molecular weight is 389 g/mol. The number of nitrogens with zero attached hydrogens (tertiary/aromatic N) is 2. The normalized spacial score (nSPS) is 13.2. The summed E-state index contributed by atoms with van der Waals surface area (Å²) in [6, 6.07) is 10.6. The molecule has 146 valence electrons. The second kappa shape index (κ2) is 6.78. The number of halogens is 3. The molecule has 0 fully saturated rings. The van der Waals surface area contributed by atoms with Gasteiger partial charge in [0.15, 0.2) is 0 Å². The highest BCUT2D eigenvalue weighted by Crippen LogP contribution is 2.38. The summed E-state index contributed by atoms with van der Waals surface area (Å²) in [6.45, 7) is 0.695. The molecule has 0 unspecified atom stereocenters. The van der Waals surface area contributed by atoms with Crippen LogP contribution in [0.25, 0.3) is 16.9 Å². The van der Waals surface area contributed by atoms with Crippen molar-refractivity contribution in [3.63, 3.8) is 0 Å². The van der Waals surface area contributed by atoms with Crippen molar-refractivity contribution < 1.29 is 22.6 Å². The van der Waals surface area contributed by atoms with E-state index in [1.54, 1.807) is 26.4 Å². The van der Waals surface area contributed by atoms with E-state index < -0.39 is 11.7 Å². The number of alkyl halides is 3. The first-order valence-electron chi connectivity index (χ1n) is 8.67. The van der Waals surface area contributed by atoms with E-state index in [2.05, 4.69) is 10.4 Å². The van der Waals surface area contributed by atoms with Crippen LogP contribution in [0.15, 0.2) is 42.5 Å². The molecule has 28 heavy (non-hydrogen) atoms. The van der Waals surface area contributed by atoms with Gasteiger partial charge in [-0.05, 0) is 36.8 Å². The van der Waals surface area contributed by atoms with E-state index in [-0.39, 0.29) is 0 Å². The lowest BCUT2D eigenvalue weighted by molar-refractivity contribution is -0.137. The van der Waals surface area contributed by atoms with Crippen molar-refractivity contribution in [2.75, 3.05) is 26.1 Å². The number of nitrogens with one attached hydrogen (secondary N) is 1. The molecular formula is C20H18F3N3O2. The molecule has 0 radical (unpaired) electrons. The smallest absolute Gasteiger partial charge is 0.416 e. The predicted octanol–water partition coefficient (Wildman–Crippen LogP) is 4.54. The number of aromatic nitrogens is 2. The molecule has 0 saturated heterocycles. The lowest BCUT2D eigenvalue weighted by atomic mass is 10.1. The second-order valence-electron chi connectivity index (χ2n) is 6.41. The number of hydrogen-bond acceptors (Lipinski definition) is 4. The quantitative estimate of drug-likeness (QED) is 0.712. The van der Waals surface area contributed by atoms with Crippen molar-refractivity contribution in [1.29, 1.82) is 0 Å². The van der Waals surface area contributed by atoms with Gasteiger partial charge in [0.05, 0.1) is 31.2 Å². The van der Waals surface area contributed by atoms with Crippen molar-refractivity contribution in [3.8, 4) is 28.4 Å². The molecule has 0 atom stereocenters.